The molecule has 0 aliphatic carbocycles. The minimum atomic E-state index is -1.14. The molecule has 1 aromatic rings. The smallest absolute Gasteiger partial charge is 0.199 e. The van der Waals surface area contributed by atoms with Crippen molar-refractivity contribution >= 4 is 8.07 Å². The first-order chi connectivity index (χ1) is 21.3. The van der Waals surface area contributed by atoms with Gasteiger partial charge >= 0.3 is 0 Å². The molecule has 2 unspecified atom stereocenters. The molecule has 1 N–H and O–H groups in total. The average Bonchev–Trinajstić information content (AvgIpc) is 2.98. The third kappa shape index (κ3) is 15.8. The van der Waals surface area contributed by atoms with Gasteiger partial charge in [0.05, 0.1) is 12.7 Å². The second kappa shape index (κ2) is 20.2. The number of ether oxygens (including phenoxy) is 4. The average molecular weight is 641 g/mol. The molecule has 0 saturated carbocycles. The summed E-state index contributed by atoms with van der Waals surface area (Å²) >= 11 is 0. The van der Waals surface area contributed by atoms with Gasteiger partial charge in [0.15, 0.2) is 13.1 Å². The zero-order valence-corrected chi connectivity index (χ0v) is 31.2. The zero-order chi connectivity index (χ0) is 33.4. The van der Waals surface area contributed by atoms with Crippen molar-refractivity contribution in [1.82, 2.24) is 0 Å². The summed E-state index contributed by atoms with van der Waals surface area (Å²) in [6, 6.07) is 3.28. The molecular weight excluding hydrogens is 577 g/mol. The topological polar surface area (TPSA) is 57.2 Å². The second-order valence-electron chi connectivity index (χ2n) is 14.3. The molecule has 0 spiro atoms. The Balaban J connectivity index is 2.00. The molecule has 1 saturated heterocycles. The summed E-state index contributed by atoms with van der Waals surface area (Å²) in [7, 11) is -1.14. The molecule has 1 aliphatic heterocycles. The predicted octanol–water partition coefficient (Wildman–Crippen LogP) is 10.6. The van der Waals surface area contributed by atoms with E-state index in [9.17, 15) is 5.11 Å². The lowest BCUT2D eigenvalue weighted by Gasteiger charge is -2.26. The van der Waals surface area contributed by atoms with Gasteiger partial charge in [0.1, 0.15) is 11.5 Å². The summed E-state index contributed by atoms with van der Waals surface area (Å²) in [5, 5.41) is 9.96. The van der Waals surface area contributed by atoms with E-state index in [1.54, 1.807) is 0 Å². The molecule has 2 atom stereocenters. The van der Waals surface area contributed by atoms with E-state index in [2.05, 4.69) is 85.1 Å². The van der Waals surface area contributed by atoms with Crippen LogP contribution in [-0.4, -0.2) is 45.6 Å². The van der Waals surface area contributed by atoms with Crippen molar-refractivity contribution in [3.8, 4) is 11.5 Å². The van der Waals surface area contributed by atoms with Gasteiger partial charge in [-0.2, -0.15) is 0 Å². The lowest BCUT2D eigenvalue weighted by molar-refractivity contribution is -0.106. The van der Waals surface area contributed by atoms with Crippen LogP contribution in [0.15, 0.2) is 53.2 Å². The molecule has 0 aromatic heterocycles. The highest BCUT2D eigenvalue weighted by Crippen LogP contribution is 2.36. The molecule has 2 rings (SSSR count). The van der Waals surface area contributed by atoms with Crippen molar-refractivity contribution in [1.29, 1.82) is 0 Å². The van der Waals surface area contributed by atoms with Gasteiger partial charge in [-0.25, -0.2) is 0 Å². The minimum Gasteiger partial charge on any atom is -0.467 e. The van der Waals surface area contributed by atoms with Crippen LogP contribution in [0.3, 0.4) is 0 Å². The first-order valence-corrected chi connectivity index (χ1v) is 20.9. The van der Waals surface area contributed by atoms with Crippen LogP contribution >= 0.6 is 0 Å². The van der Waals surface area contributed by atoms with E-state index in [4.69, 9.17) is 18.9 Å². The maximum absolute atomic E-state index is 9.96. The van der Waals surface area contributed by atoms with E-state index in [1.165, 1.54) is 16.7 Å². The Morgan fingerprint density at radius 2 is 1.62 bits per heavy atom. The monoisotopic (exact) mass is 640 g/mol. The third-order valence-corrected chi connectivity index (χ3v) is 10.4. The summed E-state index contributed by atoms with van der Waals surface area (Å²) in [5.74, 6) is 1.80. The fraction of sp³-hybridized carbons (Fsp3) is 0.641. The Labute approximate surface area is 276 Å². The van der Waals surface area contributed by atoms with Crippen molar-refractivity contribution in [2.24, 2.45) is 0 Å². The number of benzene rings is 1. The Kier molecular flexibility index (Phi) is 17.5. The van der Waals surface area contributed by atoms with Gasteiger partial charge in [0.25, 0.3) is 0 Å². The first-order valence-electron chi connectivity index (χ1n) is 17.2. The van der Waals surface area contributed by atoms with E-state index in [0.29, 0.717) is 0 Å². The fourth-order valence-corrected chi connectivity index (χ4v) is 5.94. The molecule has 1 heterocycles. The van der Waals surface area contributed by atoms with Crippen molar-refractivity contribution in [2.75, 3.05) is 20.0 Å². The maximum atomic E-state index is 9.96. The highest BCUT2D eigenvalue weighted by atomic mass is 28.3. The summed E-state index contributed by atoms with van der Waals surface area (Å²) in [4.78, 5) is 0. The molecule has 1 aromatic carbocycles. The normalized spacial score (nSPS) is 17.4. The third-order valence-electron chi connectivity index (χ3n) is 8.66. The van der Waals surface area contributed by atoms with Gasteiger partial charge in [0, 0.05) is 26.7 Å². The maximum Gasteiger partial charge on any atom is 0.199 e. The standard InChI is InChI=1S/C39H64O5Si/c1-29(2)36(40)23-21-32(5)18-14-16-30(3)15-13-17-31(4)20-22-35-27-37(44-38-19-11-12-24-42-38)33(6)34(7)39(35)43-28-41-25-26-45(8,9)10/h15,18,20,27,36,38,40H,1,11-14,16-17,19,21-26,28H2,2-10H3/b30-15+,31-20?,32-18+. The fourth-order valence-electron chi connectivity index (χ4n) is 5.18. The van der Waals surface area contributed by atoms with E-state index < -0.39 is 14.2 Å². The molecule has 0 bridgehead atoms. The van der Waals surface area contributed by atoms with Gasteiger partial charge in [0.2, 0.25) is 0 Å². The number of hydrogen-bond donors (Lipinski definition) is 1. The van der Waals surface area contributed by atoms with E-state index >= 15 is 0 Å². The molecule has 6 heteroatoms. The minimum absolute atomic E-state index is 0.178. The molecule has 0 radical (unpaired) electrons. The molecule has 5 nitrogen and oxygen atoms in total. The predicted molar refractivity (Wildman–Crippen MR) is 193 cm³/mol. The Morgan fingerprint density at radius 1 is 0.978 bits per heavy atom. The molecule has 1 fully saturated rings. The summed E-state index contributed by atoms with van der Waals surface area (Å²) in [6.07, 6.45) is 16.3. The number of aliphatic hydroxyl groups excluding tert-OH is 1. The largest absolute Gasteiger partial charge is 0.467 e. The molecular formula is C39H64O5Si. The number of allylic oxidation sites excluding steroid dienone is 6. The van der Waals surface area contributed by atoms with E-state index in [-0.39, 0.29) is 13.1 Å². The number of aliphatic hydroxyl groups is 1. The van der Waals surface area contributed by atoms with Crippen LogP contribution < -0.4 is 9.47 Å². The molecule has 0 amide bonds. The number of hydrogen-bond acceptors (Lipinski definition) is 5. The Bertz CT molecular complexity index is 1150. The van der Waals surface area contributed by atoms with Gasteiger partial charge in [-0.1, -0.05) is 66.7 Å². The van der Waals surface area contributed by atoms with Crippen LogP contribution in [0.25, 0.3) is 0 Å². The lowest BCUT2D eigenvalue weighted by Crippen LogP contribution is -2.25. The Hall–Kier alpha value is -2.12. The SMILES string of the molecule is C=C(C)C(O)CC/C(C)=C/CC/C(C)=C/CCC(C)=CCc1cc(OC2CCCCO2)c(C)c(C)c1OCOCC[Si](C)(C)C. The van der Waals surface area contributed by atoms with Crippen LogP contribution in [0.2, 0.25) is 25.7 Å². The quantitative estimate of drug-likeness (QED) is 0.0665. The van der Waals surface area contributed by atoms with Crippen LogP contribution in [-0.2, 0) is 15.9 Å². The first kappa shape index (κ1) is 39.1. The summed E-state index contributed by atoms with van der Waals surface area (Å²) in [5.41, 5.74) is 8.32. The van der Waals surface area contributed by atoms with E-state index in [0.717, 1.165) is 117 Å². The van der Waals surface area contributed by atoms with Gasteiger partial charge in [-0.05, 0) is 123 Å². The van der Waals surface area contributed by atoms with Crippen molar-refractivity contribution in [3.63, 3.8) is 0 Å². The van der Waals surface area contributed by atoms with Gasteiger partial charge < -0.3 is 24.1 Å². The highest BCUT2D eigenvalue weighted by molar-refractivity contribution is 6.76. The molecule has 1 aliphatic rings. The van der Waals surface area contributed by atoms with Gasteiger partial charge in [-0.3, -0.25) is 0 Å². The highest BCUT2D eigenvalue weighted by Gasteiger charge is 2.20. The van der Waals surface area contributed by atoms with Crippen LogP contribution in [0, 0.1) is 13.8 Å². The van der Waals surface area contributed by atoms with Crippen LogP contribution in [0.1, 0.15) is 102 Å². The van der Waals surface area contributed by atoms with E-state index in [1.807, 2.05) is 6.92 Å². The molecule has 45 heavy (non-hydrogen) atoms. The van der Waals surface area contributed by atoms with Crippen LogP contribution in [0.5, 0.6) is 11.5 Å². The van der Waals surface area contributed by atoms with Crippen LogP contribution in [0.4, 0.5) is 0 Å². The summed E-state index contributed by atoms with van der Waals surface area (Å²) in [6.45, 7) is 25.4. The zero-order valence-electron chi connectivity index (χ0n) is 30.2. The van der Waals surface area contributed by atoms with Crippen molar-refractivity contribution in [2.45, 2.75) is 144 Å². The number of rotatable bonds is 20. The second-order valence-corrected chi connectivity index (χ2v) is 20.0. The van der Waals surface area contributed by atoms with Gasteiger partial charge in [-0.15, -0.1) is 0 Å². The Morgan fingerprint density at radius 3 is 2.22 bits per heavy atom. The van der Waals surface area contributed by atoms with Crippen molar-refractivity contribution < 1.29 is 24.1 Å². The van der Waals surface area contributed by atoms with Crippen molar-refractivity contribution in [3.05, 3.63) is 69.9 Å². The summed E-state index contributed by atoms with van der Waals surface area (Å²) < 4.78 is 24.5. The lowest BCUT2D eigenvalue weighted by atomic mass is 9.99. The molecule has 254 valence electrons.